The zero-order chi connectivity index (χ0) is 20.0. The smallest absolute Gasteiger partial charge is 0.279 e. The highest BCUT2D eigenvalue weighted by atomic mass is 35.5. The molecule has 9 heteroatoms. The molecule has 0 heterocycles. The summed E-state index contributed by atoms with van der Waals surface area (Å²) in [4.78, 5) is 24.4. The molecule has 144 valence electrons. The second-order valence-electron chi connectivity index (χ2n) is 5.34. The average molecular weight is 413 g/mol. The Morgan fingerprint density at radius 3 is 2.33 bits per heavy atom. The molecule has 0 aliphatic rings. The third-order valence-corrected chi connectivity index (χ3v) is 4.05. The van der Waals surface area contributed by atoms with Gasteiger partial charge in [0.25, 0.3) is 11.8 Å². The third-order valence-electron chi connectivity index (χ3n) is 3.52. The minimum absolute atomic E-state index is 0.230. The van der Waals surface area contributed by atoms with E-state index >= 15 is 0 Å². The largest absolute Gasteiger partial charge is 0.497 e. The number of rotatable bonds is 6. The molecule has 7 nitrogen and oxygen atoms in total. The van der Waals surface area contributed by atoms with Crippen molar-refractivity contribution in [3.05, 3.63) is 52.0 Å². The van der Waals surface area contributed by atoms with Crippen molar-refractivity contribution in [2.45, 2.75) is 13.0 Å². The maximum atomic E-state index is 12.3. The van der Waals surface area contributed by atoms with Crippen molar-refractivity contribution in [1.82, 2.24) is 10.9 Å². The molecule has 0 fully saturated rings. The molecule has 0 aromatic heterocycles. The van der Waals surface area contributed by atoms with Gasteiger partial charge < -0.3 is 14.2 Å². The number of hydrogen-bond acceptors (Lipinski definition) is 5. The number of hydrogen-bond donors (Lipinski definition) is 2. The van der Waals surface area contributed by atoms with Crippen molar-refractivity contribution in [3.63, 3.8) is 0 Å². The van der Waals surface area contributed by atoms with Crippen LogP contribution in [0, 0.1) is 0 Å². The third kappa shape index (κ3) is 5.42. The summed E-state index contributed by atoms with van der Waals surface area (Å²) >= 11 is 11.8. The van der Waals surface area contributed by atoms with Crippen molar-refractivity contribution < 1.29 is 23.8 Å². The fraction of sp³-hybridized carbons (Fsp3) is 0.222. The Morgan fingerprint density at radius 1 is 0.963 bits per heavy atom. The molecule has 27 heavy (non-hydrogen) atoms. The highest BCUT2D eigenvalue weighted by Gasteiger charge is 2.19. The molecule has 1 unspecified atom stereocenters. The van der Waals surface area contributed by atoms with Gasteiger partial charge in [-0.1, -0.05) is 23.2 Å². The summed E-state index contributed by atoms with van der Waals surface area (Å²) in [6.07, 6.45) is -0.915. The lowest BCUT2D eigenvalue weighted by Crippen LogP contribution is -2.47. The molecular formula is C18H18Cl2N2O5. The minimum atomic E-state index is -0.915. The number of methoxy groups -OCH3 is 2. The van der Waals surface area contributed by atoms with Crippen LogP contribution >= 0.6 is 23.2 Å². The summed E-state index contributed by atoms with van der Waals surface area (Å²) in [5.74, 6) is 0.0148. The van der Waals surface area contributed by atoms with Gasteiger partial charge in [-0.05, 0) is 37.3 Å². The molecule has 0 aliphatic heterocycles. The molecule has 1 atom stereocenters. The zero-order valence-corrected chi connectivity index (χ0v) is 16.4. The predicted octanol–water partition coefficient (Wildman–Crippen LogP) is 3.24. The molecule has 2 N–H and O–H groups in total. The Hall–Kier alpha value is -2.64. The van der Waals surface area contributed by atoms with Crippen LogP contribution < -0.4 is 25.1 Å². The molecule has 0 aliphatic carbocycles. The maximum Gasteiger partial charge on any atom is 0.279 e. The molecule has 2 amide bonds. The van der Waals surface area contributed by atoms with Crippen molar-refractivity contribution in [2.24, 2.45) is 0 Å². The van der Waals surface area contributed by atoms with Gasteiger partial charge in [-0.25, -0.2) is 0 Å². The van der Waals surface area contributed by atoms with Crippen molar-refractivity contribution in [2.75, 3.05) is 14.2 Å². The zero-order valence-electron chi connectivity index (χ0n) is 14.8. The van der Waals surface area contributed by atoms with Crippen LogP contribution in [0.5, 0.6) is 17.2 Å². The second kappa shape index (κ2) is 9.34. The number of benzene rings is 2. The molecular weight excluding hydrogens is 395 g/mol. The highest BCUT2D eigenvalue weighted by molar-refractivity contribution is 6.35. The first-order valence-corrected chi connectivity index (χ1v) is 8.55. The first kappa shape index (κ1) is 20.7. The summed E-state index contributed by atoms with van der Waals surface area (Å²) in [6.45, 7) is 1.51. The topological polar surface area (TPSA) is 85.9 Å². The van der Waals surface area contributed by atoms with Crippen LogP contribution in [0.3, 0.4) is 0 Å². The Kier molecular flexibility index (Phi) is 7.15. The van der Waals surface area contributed by atoms with E-state index in [0.717, 1.165) is 0 Å². The first-order valence-electron chi connectivity index (χ1n) is 7.79. The van der Waals surface area contributed by atoms with Crippen LogP contribution in [0.25, 0.3) is 0 Å². The van der Waals surface area contributed by atoms with Gasteiger partial charge in [-0.2, -0.15) is 0 Å². The number of nitrogens with one attached hydrogen (secondary N) is 2. The van der Waals surface area contributed by atoms with Gasteiger partial charge in [0.15, 0.2) is 6.10 Å². The van der Waals surface area contributed by atoms with Crippen LogP contribution in [0.4, 0.5) is 0 Å². The molecule has 2 aromatic rings. The fourth-order valence-corrected chi connectivity index (χ4v) is 2.54. The van der Waals surface area contributed by atoms with E-state index < -0.39 is 17.9 Å². The van der Waals surface area contributed by atoms with Crippen LogP contribution in [0.1, 0.15) is 17.3 Å². The van der Waals surface area contributed by atoms with Gasteiger partial charge in [0.2, 0.25) is 0 Å². The van der Waals surface area contributed by atoms with E-state index in [1.165, 1.54) is 33.3 Å². The summed E-state index contributed by atoms with van der Waals surface area (Å²) in [7, 11) is 2.93. The van der Waals surface area contributed by atoms with E-state index in [-0.39, 0.29) is 10.6 Å². The number of halogens is 2. The minimum Gasteiger partial charge on any atom is -0.497 e. The average Bonchev–Trinajstić information content (AvgIpc) is 2.67. The van der Waals surface area contributed by atoms with Gasteiger partial charge in [-0.15, -0.1) is 0 Å². The lowest BCUT2D eigenvalue weighted by atomic mass is 10.2. The van der Waals surface area contributed by atoms with E-state index in [0.29, 0.717) is 22.3 Å². The fourth-order valence-electron chi connectivity index (χ4n) is 2.09. The van der Waals surface area contributed by atoms with Gasteiger partial charge in [0, 0.05) is 11.1 Å². The molecule has 0 radical (unpaired) electrons. The van der Waals surface area contributed by atoms with E-state index in [1.54, 1.807) is 24.3 Å². The molecule has 0 bridgehead atoms. The quantitative estimate of drug-likeness (QED) is 0.711. The first-order chi connectivity index (χ1) is 12.8. The van der Waals surface area contributed by atoms with Crippen molar-refractivity contribution >= 4 is 35.0 Å². The summed E-state index contributed by atoms with van der Waals surface area (Å²) in [5.41, 5.74) is 4.83. The normalized spacial score (nSPS) is 11.3. The lowest BCUT2D eigenvalue weighted by molar-refractivity contribution is -0.128. The SMILES string of the molecule is COc1ccc(C(=O)NNC(=O)C(C)Oc2ccc(Cl)cc2Cl)c(OC)c1. The van der Waals surface area contributed by atoms with Gasteiger partial charge in [0.05, 0.1) is 24.8 Å². The van der Waals surface area contributed by atoms with E-state index in [4.69, 9.17) is 37.4 Å². The van der Waals surface area contributed by atoms with Crippen LogP contribution in [-0.2, 0) is 4.79 Å². The summed E-state index contributed by atoms with van der Waals surface area (Å²) in [6, 6.07) is 9.33. The molecule has 2 rings (SSSR count). The summed E-state index contributed by atoms with van der Waals surface area (Å²) < 4.78 is 15.7. The van der Waals surface area contributed by atoms with E-state index in [2.05, 4.69) is 10.9 Å². The maximum absolute atomic E-state index is 12.3. The van der Waals surface area contributed by atoms with Crippen LogP contribution in [0.2, 0.25) is 10.0 Å². The monoisotopic (exact) mass is 412 g/mol. The molecule has 2 aromatic carbocycles. The van der Waals surface area contributed by atoms with Crippen LogP contribution in [0.15, 0.2) is 36.4 Å². The number of carbonyl (C=O) groups excluding carboxylic acids is 2. The van der Waals surface area contributed by atoms with E-state index in [1.807, 2.05) is 0 Å². The van der Waals surface area contributed by atoms with Crippen molar-refractivity contribution in [3.8, 4) is 17.2 Å². The second-order valence-corrected chi connectivity index (χ2v) is 6.19. The Balaban J connectivity index is 1.97. The number of ether oxygens (including phenoxy) is 3. The Bertz CT molecular complexity index is 844. The molecule has 0 saturated carbocycles. The summed E-state index contributed by atoms with van der Waals surface area (Å²) in [5, 5.41) is 0.722. The lowest BCUT2D eigenvalue weighted by Gasteiger charge is -2.16. The van der Waals surface area contributed by atoms with E-state index in [9.17, 15) is 9.59 Å². The number of hydrazine groups is 1. The Labute approximate surface area is 166 Å². The van der Waals surface area contributed by atoms with Gasteiger partial charge in [-0.3, -0.25) is 20.4 Å². The van der Waals surface area contributed by atoms with Crippen LogP contribution in [-0.4, -0.2) is 32.1 Å². The van der Waals surface area contributed by atoms with Gasteiger partial charge >= 0.3 is 0 Å². The van der Waals surface area contributed by atoms with Crippen molar-refractivity contribution in [1.29, 1.82) is 0 Å². The Morgan fingerprint density at radius 2 is 1.70 bits per heavy atom. The molecule has 0 spiro atoms. The molecule has 0 saturated heterocycles. The highest BCUT2D eigenvalue weighted by Crippen LogP contribution is 2.28. The standard InChI is InChI=1S/C18H18Cl2N2O5/c1-10(27-15-7-4-11(19)8-14(15)20)17(23)21-22-18(24)13-6-5-12(25-2)9-16(13)26-3/h4-10H,1-3H3,(H,21,23)(H,22,24). The predicted molar refractivity (Wildman–Crippen MR) is 102 cm³/mol. The van der Waals surface area contributed by atoms with Gasteiger partial charge in [0.1, 0.15) is 17.2 Å². The number of carbonyl (C=O) groups is 2. The number of amides is 2.